The SMILES string of the molecule is C[C@H](C(=O)O)[C@@H](c1ccc(Cl)cc1)c1cc(F)cc(F)c1. The highest BCUT2D eigenvalue weighted by Crippen LogP contribution is 2.33. The van der Waals surface area contributed by atoms with Gasteiger partial charge >= 0.3 is 5.97 Å². The van der Waals surface area contributed by atoms with Crippen LogP contribution in [0.5, 0.6) is 0 Å². The molecule has 0 saturated carbocycles. The second kappa shape index (κ2) is 6.22. The van der Waals surface area contributed by atoms with Gasteiger partial charge in [0.25, 0.3) is 0 Å². The van der Waals surface area contributed by atoms with Gasteiger partial charge < -0.3 is 5.11 Å². The average molecular weight is 311 g/mol. The number of carboxylic acids is 1. The van der Waals surface area contributed by atoms with Crippen molar-refractivity contribution in [2.24, 2.45) is 5.92 Å². The molecule has 1 N–H and O–H groups in total. The van der Waals surface area contributed by atoms with Crippen LogP contribution in [-0.2, 0) is 4.79 Å². The van der Waals surface area contributed by atoms with Crippen molar-refractivity contribution in [3.05, 3.63) is 70.2 Å². The Kier molecular flexibility index (Phi) is 4.58. The van der Waals surface area contributed by atoms with Gasteiger partial charge in [-0.2, -0.15) is 0 Å². The molecule has 0 aliphatic heterocycles. The van der Waals surface area contributed by atoms with Gasteiger partial charge in [-0.3, -0.25) is 4.79 Å². The van der Waals surface area contributed by atoms with Gasteiger partial charge in [0.15, 0.2) is 0 Å². The monoisotopic (exact) mass is 310 g/mol. The lowest BCUT2D eigenvalue weighted by Gasteiger charge is -2.22. The van der Waals surface area contributed by atoms with Crippen molar-refractivity contribution >= 4 is 17.6 Å². The summed E-state index contributed by atoms with van der Waals surface area (Å²) in [7, 11) is 0. The number of hydrogen-bond donors (Lipinski definition) is 1. The molecule has 0 saturated heterocycles. The Hall–Kier alpha value is -1.94. The van der Waals surface area contributed by atoms with Crippen LogP contribution in [-0.4, -0.2) is 11.1 Å². The molecule has 0 radical (unpaired) electrons. The van der Waals surface area contributed by atoms with Crippen molar-refractivity contribution in [2.45, 2.75) is 12.8 Å². The number of carbonyl (C=O) groups is 1. The third-order valence-electron chi connectivity index (χ3n) is 3.36. The van der Waals surface area contributed by atoms with E-state index in [9.17, 15) is 18.7 Å². The summed E-state index contributed by atoms with van der Waals surface area (Å²) in [6, 6.07) is 9.63. The smallest absolute Gasteiger partial charge is 0.307 e. The molecule has 0 fully saturated rings. The Morgan fingerprint density at radius 2 is 1.57 bits per heavy atom. The van der Waals surface area contributed by atoms with Crippen molar-refractivity contribution < 1.29 is 18.7 Å². The second-order valence-corrected chi connectivity index (χ2v) is 5.30. The number of aliphatic carboxylic acids is 1. The summed E-state index contributed by atoms with van der Waals surface area (Å²) in [6.45, 7) is 1.50. The van der Waals surface area contributed by atoms with E-state index in [1.54, 1.807) is 24.3 Å². The van der Waals surface area contributed by atoms with Gasteiger partial charge in [0.2, 0.25) is 0 Å². The summed E-state index contributed by atoms with van der Waals surface area (Å²) in [4.78, 5) is 11.3. The molecule has 0 aliphatic rings. The van der Waals surface area contributed by atoms with Gasteiger partial charge in [0, 0.05) is 17.0 Å². The largest absolute Gasteiger partial charge is 0.481 e. The maximum atomic E-state index is 13.4. The lowest BCUT2D eigenvalue weighted by atomic mass is 9.81. The minimum absolute atomic E-state index is 0.282. The van der Waals surface area contributed by atoms with Crippen molar-refractivity contribution in [1.82, 2.24) is 0 Å². The number of halogens is 3. The zero-order valence-electron chi connectivity index (χ0n) is 11.2. The minimum atomic E-state index is -1.04. The van der Waals surface area contributed by atoms with Crippen LogP contribution in [0.3, 0.4) is 0 Å². The molecule has 0 heterocycles. The summed E-state index contributed by atoms with van der Waals surface area (Å²) in [5.41, 5.74) is 0.920. The predicted molar refractivity (Wildman–Crippen MR) is 76.5 cm³/mol. The first-order valence-electron chi connectivity index (χ1n) is 6.32. The molecule has 0 spiro atoms. The Bertz CT molecular complexity index is 636. The van der Waals surface area contributed by atoms with E-state index in [0.717, 1.165) is 18.2 Å². The molecule has 5 heteroatoms. The first-order chi connectivity index (χ1) is 9.88. The molecule has 2 rings (SSSR count). The Labute approximate surface area is 126 Å². The van der Waals surface area contributed by atoms with Crippen molar-refractivity contribution in [3.63, 3.8) is 0 Å². The first-order valence-corrected chi connectivity index (χ1v) is 6.70. The van der Waals surface area contributed by atoms with E-state index in [1.165, 1.54) is 6.92 Å². The molecule has 2 nitrogen and oxygen atoms in total. The molecule has 2 atom stereocenters. The Morgan fingerprint density at radius 1 is 1.05 bits per heavy atom. The number of hydrogen-bond acceptors (Lipinski definition) is 1. The van der Waals surface area contributed by atoms with Crippen LogP contribution in [0.1, 0.15) is 24.0 Å². The van der Waals surface area contributed by atoms with Gasteiger partial charge in [0.05, 0.1) is 5.92 Å². The highest BCUT2D eigenvalue weighted by molar-refractivity contribution is 6.30. The summed E-state index contributed by atoms with van der Waals surface area (Å²) in [5.74, 6) is -4.01. The molecule has 2 aromatic rings. The standard InChI is InChI=1S/C16H13ClF2O2/c1-9(16(20)21)15(10-2-4-12(17)5-3-10)11-6-13(18)8-14(19)7-11/h2-9,15H,1H3,(H,20,21)/t9-,15-/m0/s1. The van der Waals surface area contributed by atoms with E-state index in [4.69, 9.17) is 11.6 Å². The van der Waals surface area contributed by atoms with Crippen LogP contribution >= 0.6 is 11.6 Å². The zero-order chi connectivity index (χ0) is 15.6. The predicted octanol–water partition coefficient (Wildman–Crippen LogP) is 4.47. The van der Waals surface area contributed by atoms with E-state index >= 15 is 0 Å². The minimum Gasteiger partial charge on any atom is -0.481 e. The van der Waals surface area contributed by atoms with Gasteiger partial charge in [0.1, 0.15) is 11.6 Å². The molecule has 0 unspecified atom stereocenters. The molecular weight excluding hydrogens is 298 g/mol. The average Bonchev–Trinajstić information content (AvgIpc) is 2.40. The van der Waals surface area contributed by atoms with E-state index in [2.05, 4.69) is 0 Å². The first kappa shape index (κ1) is 15.4. The van der Waals surface area contributed by atoms with E-state index < -0.39 is 29.4 Å². The van der Waals surface area contributed by atoms with Crippen LogP contribution in [0, 0.1) is 17.6 Å². The summed E-state index contributed by atoms with van der Waals surface area (Å²) < 4.78 is 26.8. The van der Waals surface area contributed by atoms with Gasteiger partial charge in [-0.1, -0.05) is 30.7 Å². The van der Waals surface area contributed by atoms with Crippen molar-refractivity contribution in [2.75, 3.05) is 0 Å². The molecule has 0 aromatic heterocycles. The normalized spacial score (nSPS) is 13.7. The van der Waals surface area contributed by atoms with Gasteiger partial charge in [-0.05, 0) is 35.4 Å². The maximum Gasteiger partial charge on any atom is 0.307 e. The molecular formula is C16H13ClF2O2. The number of carboxylic acid groups (broad SMARTS) is 1. The van der Waals surface area contributed by atoms with Crippen molar-refractivity contribution in [1.29, 1.82) is 0 Å². The van der Waals surface area contributed by atoms with Crippen LogP contribution in [0.25, 0.3) is 0 Å². The third kappa shape index (κ3) is 3.58. The molecule has 0 aliphatic carbocycles. The molecule has 110 valence electrons. The van der Waals surface area contributed by atoms with Gasteiger partial charge in [-0.25, -0.2) is 8.78 Å². The fraction of sp³-hybridized carbons (Fsp3) is 0.188. The van der Waals surface area contributed by atoms with E-state index in [-0.39, 0.29) is 5.56 Å². The van der Waals surface area contributed by atoms with Gasteiger partial charge in [-0.15, -0.1) is 0 Å². The second-order valence-electron chi connectivity index (χ2n) is 4.86. The highest BCUT2D eigenvalue weighted by Gasteiger charge is 2.27. The fourth-order valence-electron chi connectivity index (χ4n) is 2.34. The lowest BCUT2D eigenvalue weighted by Crippen LogP contribution is -2.20. The summed E-state index contributed by atoms with van der Waals surface area (Å²) >= 11 is 5.82. The van der Waals surface area contributed by atoms with Crippen LogP contribution in [0.15, 0.2) is 42.5 Å². The van der Waals surface area contributed by atoms with E-state index in [0.29, 0.717) is 10.6 Å². The van der Waals surface area contributed by atoms with Crippen LogP contribution in [0.4, 0.5) is 8.78 Å². The molecule has 2 aromatic carbocycles. The zero-order valence-corrected chi connectivity index (χ0v) is 11.9. The number of benzene rings is 2. The van der Waals surface area contributed by atoms with E-state index in [1.807, 2.05) is 0 Å². The topological polar surface area (TPSA) is 37.3 Å². The van der Waals surface area contributed by atoms with Crippen LogP contribution in [0.2, 0.25) is 5.02 Å². The van der Waals surface area contributed by atoms with Crippen molar-refractivity contribution in [3.8, 4) is 0 Å². The summed E-state index contributed by atoms with van der Waals surface area (Å²) in [6.07, 6.45) is 0. The molecule has 0 bridgehead atoms. The highest BCUT2D eigenvalue weighted by atomic mass is 35.5. The maximum absolute atomic E-state index is 13.4. The lowest BCUT2D eigenvalue weighted by molar-refractivity contribution is -0.141. The number of rotatable bonds is 4. The Balaban J connectivity index is 2.55. The quantitative estimate of drug-likeness (QED) is 0.904. The fourth-order valence-corrected chi connectivity index (χ4v) is 2.46. The summed E-state index contributed by atoms with van der Waals surface area (Å²) in [5, 5.41) is 9.76. The third-order valence-corrected chi connectivity index (χ3v) is 3.61. The Morgan fingerprint density at radius 3 is 2.05 bits per heavy atom. The van der Waals surface area contributed by atoms with Crippen LogP contribution < -0.4 is 0 Å². The molecule has 0 amide bonds. The molecule has 21 heavy (non-hydrogen) atoms.